The van der Waals surface area contributed by atoms with Crippen LogP contribution in [0, 0.1) is 0 Å². The second-order valence-corrected chi connectivity index (χ2v) is 13.6. The van der Waals surface area contributed by atoms with E-state index in [4.69, 9.17) is 9.26 Å². The molecule has 29 heavy (non-hydrogen) atoms. The van der Waals surface area contributed by atoms with E-state index < -0.39 is 32.2 Å². The number of ketones is 1. The Labute approximate surface area is 172 Å². The molecule has 1 unspecified atom stereocenters. The number of Topliss-reactive ketones (excluding diaryl/α,β-unsaturated/α-hetero) is 1. The number of rotatable bonds is 8. The molecule has 7 nitrogen and oxygen atoms in total. The Morgan fingerprint density at radius 1 is 1.07 bits per heavy atom. The molecule has 0 spiro atoms. The second-order valence-electron chi connectivity index (χ2n) is 8.86. The highest BCUT2D eigenvalue weighted by molar-refractivity contribution is 6.74. The molecule has 0 saturated carbocycles. The summed E-state index contributed by atoms with van der Waals surface area (Å²) in [6.07, 6.45) is -0.0101. The minimum absolute atomic E-state index is 0.0255. The number of benzene rings is 1. The normalized spacial score (nSPS) is 15.3. The molecule has 2 amide bonds. The van der Waals surface area contributed by atoms with Crippen molar-refractivity contribution in [3.8, 4) is 0 Å². The molecule has 0 aliphatic carbocycles. The van der Waals surface area contributed by atoms with Crippen molar-refractivity contribution >= 4 is 31.9 Å². The monoisotopic (exact) mass is 419 g/mol. The Morgan fingerprint density at radius 2 is 1.59 bits per heavy atom. The van der Waals surface area contributed by atoms with Gasteiger partial charge in [-0.2, -0.15) is 0 Å². The first kappa shape index (κ1) is 23.0. The van der Waals surface area contributed by atoms with Gasteiger partial charge in [0.1, 0.15) is 5.78 Å². The number of hydrogen-bond acceptors (Lipinski definition) is 6. The Morgan fingerprint density at radius 3 is 2.03 bits per heavy atom. The Hall–Kier alpha value is -2.32. The van der Waals surface area contributed by atoms with E-state index in [1.807, 2.05) is 0 Å². The predicted octanol–water partition coefficient (Wildman–Crippen LogP) is 3.89. The molecular weight excluding hydrogens is 390 g/mol. The molecule has 1 aromatic rings. The van der Waals surface area contributed by atoms with Crippen LogP contribution < -0.4 is 0 Å². The van der Waals surface area contributed by atoms with E-state index >= 15 is 0 Å². The van der Waals surface area contributed by atoms with Crippen LogP contribution in [0.2, 0.25) is 18.1 Å². The lowest BCUT2D eigenvalue weighted by atomic mass is 10.1. The Bertz CT molecular complexity index is 792. The van der Waals surface area contributed by atoms with E-state index in [1.165, 1.54) is 19.1 Å². The summed E-state index contributed by atoms with van der Waals surface area (Å²) in [5, 5.41) is 0.463. The van der Waals surface area contributed by atoms with Crippen molar-refractivity contribution in [2.24, 2.45) is 0 Å². The average molecular weight is 420 g/mol. The molecule has 0 radical (unpaired) electrons. The smallest absolute Gasteiger partial charge is 0.333 e. The summed E-state index contributed by atoms with van der Waals surface area (Å²) in [4.78, 5) is 53.6. The molecule has 0 N–H and O–H groups in total. The highest BCUT2D eigenvalue weighted by atomic mass is 28.4. The highest BCUT2D eigenvalue weighted by Crippen LogP contribution is 2.38. The lowest BCUT2D eigenvalue weighted by molar-refractivity contribution is -0.169. The number of fused-ring (bicyclic) bond motifs is 1. The van der Waals surface area contributed by atoms with Gasteiger partial charge in [0, 0.05) is 6.42 Å². The number of nitrogens with zero attached hydrogens (tertiary/aromatic N) is 1. The van der Waals surface area contributed by atoms with Gasteiger partial charge in [0.2, 0.25) is 0 Å². The molecule has 158 valence electrons. The fourth-order valence-electron chi connectivity index (χ4n) is 2.79. The van der Waals surface area contributed by atoms with Gasteiger partial charge in [0.05, 0.1) is 23.7 Å². The largest absolute Gasteiger partial charge is 0.413 e. The summed E-state index contributed by atoms with van der Waals surface area (Å²) in [5.74, 6) is -2.05. The first-order valence-corrected chi connectivity index (χ1v) is 12.6. The van der Waals surface area contributed by atoms with Crippen LogP contribution in [0.15, 0.2) is 24.3 Å². The average Bonchev–Trinajstić information content (AvgIpc) is 2.83. The van der Waals surface area contributed by atoms with E-state index in [0.29, 0.717) is 5.06 Å². The topological polar surface area (TPSA) is 90.0 Å². The van der Waals surface area contributed by atoms with Crippen molar-refractivity contribution in [2.45, 2.75) is 71.2 Å². The van der Waals surface area contributed by atoms with E-state index in [2.05, 4.69) is 33.9 Å². The van der Waals surface area contributed by atoms with E-state index in [9.17, 15) is 19.2 Å². The number of hydroxylamine groups is 2. The van der Waals surface area contributed by atoms with Gasteiger partial charge in [-0.3, -0.25) is 14.4 Å². The fourth-order valence-corrected chi connectivity index (χ4v) is 4.18. The summed E-state index contributed by atoms with van der Waals surface area (Å²) in [6, 6.07) is 6.30. The number of amides is 2. The predicted molar refractivity (Wildman–Crippen MR) is 110 cm³/mol. The van der Waals surface area contributed by atoms with Crippen LogP contribution in [0.1, 0.15) is 67.7 Å². The Balaban J connectivity index is 1.99. The molecule has 1 heterocycles. The van der Waals surface area contributed by atoms with Crippen LogP contribution in [0.5, 0.6) is 0 Å². The molecular formula is C21H29NO6Si. The van der Waals surface area contributed by atoms with E-state index in [1.54, 1.807) is 12.1 Å². The molecule has 2 rings (SSSR count). The summed E-state index contributed by atoms with van der Waals surface area (Å²) >= 11 is 0. The first-order chi connectivity index (χ1) is 13.3. The third-order valence-electron chi connectivity index (χ3n) is 5.40. The number of carbonyl (C=O) groups is 4. The molecule has 1 aliphatic rings. The van der Waals surface area contributed by atoms with Crippen molar-refractivity contribution in [1.29, 1.82) is 0 Å². The molecule has 1 aromatic carbocycles. The number of carbonyl (C=O) groups excluding carboxylic acids is 4. The van der Waals surface area contributed by atoms with Gasteiger partial charge in [-0.25, -0.2) is 4.79 Å². The maximum atomic E-state index is 12.3. The van der Waals surface area contributed by atoms with Crippen molar-refractivity contribution in [3.05, 3.63) is 35.4 Å². The maximum absolute atomic E-state index is 12.3. The fraction of sp³-hybridized carbons (Fsp3) is 0.524. The quantitative estimate of drug-likeness (QED) is 0.469. The zero-order valence-electron chi connectivity index (χ0n) is 17.9. The van der Waals surface area contributed by atoms with Crippen LogP contribution in [0.25, 0.3) is 0 Å². The molecule has 0 bridgehead atoms. The van der Waals surface area contributed by atoms with Crippen LogP contribution in [0.4, 0.5) is 0 Å². The number of hydrogen-bond donors (Lipinski definition) is 0. The van der Waals surface area contributed by atoms with Crippen molar-refractivity contribution < 1.29 is 28.4 Å². The third kappa shape index (κ3) is 5.39. The van der Waals surface area contributed by atoms with Gasteiger partial charge in [0.15, 0.2) is 8.32 Å². The summed E-state index contributed by atoms with van der Waals surface area (Å²) in [5.41, 5.74) is 0.419. The third-order valence-corrected chi connectivity index (χ3v) is 9.94. The van der Waals surface area contributed by atoms with Gasteiger partial charge < -0.3 is 9.26 Å². The molecule has 0 fully saturated rings. The van der Waals surface area contributed by atoms with Gasteiger partial charge >= 0.3 is 5.97 Å². The molecule has 1 atom stereocenters. The summed E-state index contributed by atoms with van der Waals surface area (Å²) < 4.78 is 6.29. The Kier molecular flexibility index (Phi) is 6.80. The highest BCUT2D eigenvalue weighted by Gasteiger charge is 2.40. The van der Waals surface area contributed by atoms with E-state index in [-0.39, 0.29) is 41.2 Å². The van der Waals surface area contributed by atoms with Crippen molar-refractivity contribution in [3.63, 3.8) is 0 Å². The SMILES string of the molecule is CC(=O)CC(CCC(=O)ON1C(=O)c2ccccc2C1=O)O[Si](C)(C)C(C)(C)C. The molecule has 0 aromatic heterocycles. The lowest BCUT2D eigenvalue weighted by Crippen LogP contribution is -2.44. The maximum Gasteiger partial charge on any atom is 0.333 e. The minimum atomic E-state index is -2.13. The summed E-state index contributed by atoms with van der Waals surface area (Å²) in [6.45, 7) is 11.9. The standard InChI is InChI=1S/C21H29NO6Si/c1-14(23)13-15(28-29(5,6)21(2,3)4)11-12-18(24)27-22-19(25)16-9-7-8-10-17(16)20(22)26/h7-10,15H,11-13H2,1-6H3. The van der Waals surface area contributed by atoms with Gasteiger partial charge in [-0.05, 0) is 43.6 Å². The second kappa shape index (κ2) is 8.58. The minimum Gasteiger partial charge on any atom is -0.413 e. The van der Waals surface area contributed by atoms with Crippen LogP contribution >= 0.6 is 0 Å². The molecule has 8 heteroatoms. The van der Waals surface area contributed by atoms with Crippen LogP contribution in [-0.2, 0) is 18.9 Å². The van der Waals surface area contributed by atoms with E-state index in [0.717, 1.165) is 0 Å². The van der Waals surface area contributed by atoms with Gasteiger partial charge in [-0.15, -0.1) is 0 Å². The first-order valence-electron chi connectivity index (χ1n) is 9.69. The van der Waals surface area contributed by atoms with Gasteiger partial charge in [0.25, 0.3) is 11.8 Å². The zero-order chi connectivity index (χ0) is 22.0. The lowest BCUT2D eigenvalue weighted by Gasteiger charge is -2.39. The van der Waals surface area contributed by atoms with Crippen LogP contribution in [-0.4, -0.2) is 43.1 Å². The zero-order valence-corrected chi connectivity index (χ0v) is 18.9. The summed E-state index contributed by atoms with van der Waals surface area (Å²) in [7, 11) is -2.13. The molecule has 1 aliphatic heterocycles. The van der Waals surface area contributed by atoms with Crippen LogP contribution in [0.3, 0.4) is 0 Å². The van der Waals surface area contributed by atoms with Crippen molar-refractivity contribution in [2.75, 3.05) is 0 Å². The van der Waals surface area contributed by atoms with Crippen molar-refractivity contribution in [1.82, 2.24) is 5.06 Å². The van der Waals surface area contributed by atoms with Gasteiger partial charge in [-0.1, -0.05) is 38.0 Å². The number of imide groups is 1. The molecule has 0 saturated heterocycles.